The van der Waals surface area contributed by atoms with Gasteiger partial charge in [0.15, 0.2) is 0 Å². The van der Waals surface area contributed by atoms with Gasteiger partial charge in [0, 0.05) is 11.4 Å². The Morgan fingerprint density at radius 1 is 0.296 bits per heavy atom. The molecule has 54 heavy (non-hydrogen) atoms. The summed E-state index contributed by atoms with van der Waals surface area (Å²) in [6, 6.07) is 4.69. The summed E-state index contributed by atoms with van der Waals surface area (Å²) in [5.41, 5.74) is 4.05. The van der Waals surface area contributed by atoms with E-state index in [1.165, 1.54) is 287 Å². The quantitative estimate of drug-likeness (QED) is 0.0605. The van der Waals surface area contributed by atoms with Crippen LogP contribution >= 0.6 is 0 Å². The molecule has 1 aromatic rings. The van der Waals surface area contributed by atoms with Crippen LogP contribution in [-0.2, 0) is 12.8 Å². The van der Waals surface area contributed by atoms with Crippen LogP contribution in [0.2, 0.25) is 0 Å². The maximum Gasteiger partial charge on any atom is 0.0409 e. The van der Waals surface area contributed by atoms with Crippen LogP contribution in [0, 0.1) is 6.42 Å². The van der Waals surface area contributed by atoms with Gasteiger partial charge in [0.2, 0.25) is 0 Å². The van der Waals surface area contributed by atoms with Gasteiger partial charge in [-0.15, -0.1) is 0 Å². The van der Waals surface area contributed by atoms with Gasteiger partial charge in [-0.05, 0) is 49.8 Å². The highest BCUT2D eigenvalue weighted by atomic mass is 14.7. The van der Waals surface area contributed by atoms with Gasteiger partial charge in [-0.2, -0.15) is 0 Å². The molecule has 1 aromatic heterocycles. The van der Waals surface area contributed by atoms with Crippen LogP contribution in [0.4, 0.5) is 0 Å². The highest BCUT2D eigenvalue weighted by molar-refractivity contribution is 5.27. The van der Waals surface area contributed by atoms with Crippen molar-refractivity contribution in [3.05, 3.63) is 35.5 Å². The number of rotatable bonds is 45. The second-order valence-electron chi connectivity index (χ2n) is 17.8. The van der Waals surface area contributed by atoms with E-state index in [0.29, 0.717) is 0 Å². The van der Waals surface area contributed by atoms with Crippen molar-refractivity contribution >= 4 is 0 Å². The molecular formula is C53H100N. The number of aryl methyl sites for hydroxylation is 2. The first kappa shape index (κ1) is 51.2. The van der Waals surface area contributed by atoms with E-state index in [9.17, 15) is 0 Å². The van der Waals surface area contributed by atoms with E-state index in [1.807, 2.05) is 0 Å². The molecule has 0 aliphatic carbocycles. The maximum absolute atomic E-state index is 5.11. The number of pyridine rings is 1. The number of aromatic nitrogens is 1. The van der Waals surface area contributed by atoms with Gasteiger partial charge in [-0.25, -0.2) is 0 Å². The summed E-state index contributed by atoms with van der Waals surface area (Å²) < 4.78 is 0. The van der Waals surface area contributed by atoms with Crippen LogP contribution in [0.3, 0.4) is 0 Å². The molecule has 0 fully saturated rings. The third-order valence-corrected chi connectivity index (χ3v) is 12.4. The molecule has 0 aliphatic rings. The predicted octanol–water partition coefficient (Wildman–Crippen LogP) is 19.2. The van der Waals surface area contributed by atoms with Gasteiger partial charge >= 0.3 is 0 Å². The molecular weight excluding hydrogens is 651 g/mol. The first-order valence-corrected chi connectivity index (χ1v) is 25.6. The molecule has 1 rings (SSSR count). The van der Waals surface area contributed by atoms with Gasteiger partial charge < -0.3 is 0 Å². The molecule has 0 bridgehead atoms. The summed E-state index contributed by atoms with van der Waals surface area (Å²) in [5.74, 6) is 0. The van der Waals surface area contributed by atoms with Crippen molar-refractivity contribution in [3.8, 4) is 0 Å². The predicted molar refractivity (Wildman–Crippen MR) is 246 cm³/mol. The molecule has 317 valence electrons. The van der Waals surface area contributed by atoms with Crippen LogP contribution in [0.25, 0.3) is 0 Å². The Morgan fingerprint density at radius 2 is 0.481 bits per heavy atom. The van der Waals surface area contributed by atoms with Crippen molar-refractivity contribution in [2.45, 2.75) is 303 Å². The van der Waals surface area contributed by atoms with E-state index in [4.69, 9.17) is 4.98 Å². The molecule has 0 atom stereocenters. The molecule has 0 saturated carbocycles. The van der Waals surface area contributed by atoms with E-state index >= 15 is 0 Å². The first-order chi connectivity index (χ1) is 26.8. The number of nitrogens with zero attached hydrogens (tertiary/aromatic N) is 1. The topological polar surface area (TPSA) is 12.9 Å². The van der Waals surface area contributed by atoms with E-state index in [2.05, 4.69) is 39.3 Å². The minimum atomic E-state index is 1.16. The molecule has 0 N–H and O–H groups in total. The zero-order valence-corrected chi connectivity index (χ0v) is 37.8. The minimum absolute atomic E-state index is 1.16. The Morgan fingerprint density at radius 3 is 0.667 bits per heavy atom. The highest BCUT2D eigenvalue weighted by Gasteiger charge is 2.04. The summed E-state index contributed by atoms with van der Waals surface area (Å²) in [6.45, 7) is 6.80. The smallest absolute Gasteiger partial charge is 0.0409 e. The zero-order valence-electron chi connectivity index (χ0n) is 37.8. The molecule has 0 saturated heterocycles. The van der Waals surface area contributed by atoms with E-state index < -0.39 is 0 Å². The maximum atomic E-state index is 5.11. The standard InChI is InChI=1S/C53H100N/c1-4-7-9-11-13-15-17-19-21-23-25-27-29-31-33-35-37-39-41-43-45-47-52-49-51(6-3)50-53(54-52)48-46-44-42-40-38-36-34-32-30-28-26-24-22-20-18-16-14-12-10-8-5-2/h6,49-50H,4-5,7-48H2,1-3H3. The lowest BCUT2D eigenvalue weighted by molar-refractivity contribution is 0.520. The van der Waals surface area contributed by atoms with Crippen molar-refractivity contribution in [3.63, 3.8) is 0 Å². The lowest BCUT2D eigenvalue weighted by Gasteiger charge is -2.09. The average Bonchev–Trinajstić information content (AvgIpc) is 3.19. The van der Waals surface area contributed by atoms with Crippen molar-refractivity contribution in [2.24, 2.45) is 0 Å². The summed E-state index contributed by atoms with van der Waals surface area (Å²) in [6.07, 6.45) is 65.4. The normalized spacial score (nSPS) is 11.6. The summed E-state index contributed by atoms with van der Waals surface area (Å²) in [4.78, 5) is 5.11. The van der Waals surface area contributed by atoms with Gasteiger partial charge in [0.05, 0.1) is 0 Å². The minimum Gasteiger partial charge on any atom is -0.258 e. The van der Waals surface area contributed by atoms with Crippen LogP contribution in [0.1, 0.15) is 307 Å². The Bertz CT molecular complexity index is 779. The van der Waals surface area contributed by atoms with Crippen LogP contribution < -0.4 is 0 Å². The van der Waals surface area contributed by atoms with Gasteiger partial charge in [-0.1, -0.05) is 278 Å². The Kier molecular flexibility index (Phi) is 41.0. The van der Waals surface area contributed by atoms with E-state index in [0.717, 1.165) is 12.8 Å². The number of unbranched alkanes of at least 4 members (excludes halogenated alkanes) is 40. The SMILES string of the molecule is C[CH]c1cc(CCCCCCCCCCCCCCCCCCCCCCC)nc(CCCCCCCCCCCCCCCCCCCCCCC)c1. The van der Waals surface area contributed by atoms with Crippen molar-refractivity contribution in [2.75, 3.05) is 0 Å². The molecule has 0 amide bonds. The second-order valence-corrected chi connectivity index (χ2v) is 17.8. The zero-order chi connectivity index (χ0) is 38.7. The highest BCUT2D eigenvalue weighted by Crippen LogP contribution is 2.19. The summed E-state index contributed by atoms with van der Waals surface area (Å²) >= 11 is 0. The van der Waals surface area contributed by atoms with E-state index in [1.54, 1.807) is 0 Å². The number of hydrogen-bond acceptors (Lipinski definition) is 1. The van der Waals surface area contributed by atoms with Crippen LogP contribution in [0.5, 0.6) is 0 Å². The second kappa shape index (κ2) is 43.3. The first-order valence-electron chi connectivity index (χ1n) is 25.6. The largest absolute Gasteiger partial charge is 0.258 e. The van der Waals surface area contributed by atoms with Crippen molar-refractivity contribution in [1.82, 2.24) is 4.98 Å². The lowest BCUT2D eigenvalue weighted by Crippen LogP contribution is -1.99. The fraction of sp³-hybridized carbons (Fsp3) is 0.887. The Balaban J connectivity index is 1.89. The molecule has 1 radical (unpaired) electrons. The van der Waals surface area contributed by atoms with Gasteiger partial charge in [0.25, 0.3) is 0 Å². The Labute approximate surface area is 342 Å². The van der Waals surface area contributed by atoms with Gasteiger partial charge in [-0.3, -0.25) is 4.98 Å². The molecule has 0 aliphatic heterocycles. The third-order valence-electron chi connectivity index (χ3n) is 12.4. The molecule has 1 nitrogen and oxygen atoms in total. The molecule has 0 unspecified atom stereocenters. The third kappa shape index (κ3) is 36.8. The van der Waals surface area contributed by atoms with Crippen molar-refractivity contribution < 1.29 is 0 Å². The fourth-order valence-corrected chi connectivity index (χ4v) is 8.57. The van der Waals surface area contributed by atoms with Crippen molar-refractivity contribution in [1.29, 1.82) is 0 Å². The molecule has 1 heterocycles. The Hall–Kier alpha value is -0.850. The number of hydrogen-bond donors (Lipinski definition) is 0. The van der Waals surface area contributed by atoms with Crippen LogP contribution in [0.15, 0.2) is 12.1 Å². The van der Waals surface area contributed by atoms with Gasteiger partial charge in [0.1, 0.15) is 0 Å². The lowest BCUT2D eigenvalue weighted by atomic mass is 10.0. The molecule has 0 spiro atoms. The summed E-state index contributed by atoms with van der Waals surface area (Å²) in [5, 5.41) is 0. The van der Waals surface area contributed by atoms with E-state index in [-0.39, 0.29) is 0 Å². The summed E-state index contributed by atoms with van der Waals surface area (Å²) in [7, 11) is 0. The molecule has 0 aromatic carbocycles. The fourth-order valence-electron chi connectivity index (χ4n) is 8.57. The average molecular weight is 751 g/mol. The molecule has 1 heteroatoms. The van der Waals surface area contributed by atoms with Crippen LogP contribution in [-0.4, -0.2) is 4.98 Å². The monoisotopic (exact) mass is 751 g/mol.